The first-order chi connectivity index (χ1) is 12.0. The van der Waals surface area contributed by atoms with Gasteiger partial charge in [-0.05, 0) is 24.1 Å². The van der Waals surface area contributed by atoms with Crippen molar-refractivity contribution in [2.75, 3.05) is 52.5 Å². The van der Waals surface area contributed by atoms with Crippen LogP contribution >= 0.6 is 0 Å². The Kier molecular flexibility index (Phi) is 5.73. The Morgan fingerprint density at radius 1 is 1.16 bits per heavy atom. The van der Waals surface area contributed by atoms with Crippen molar-refractivity contribution in [2.24, 2.45) is 0 Å². The van der Waals surface area contributed by atoms with Crippen molar-refractivity contribution >= 4 is 15.9 Å². The maximum absolute atomic E-state index is 13.1. The summed E-state index contributed by atoms with van der Waals surface area (Å²) in [7, 11) is -3.62. The number of rotatable bonds is 4. The molecule has 2 heterocycles. The number of benzene rings is 1. The number of aryl methyl sites for hydroxylation is 1. The summed E-state index contributed by atoms with van der Waals surface area (Å²) < 4.78 is 32.8. The highest BCUT2D eigenvalue weighted by Crippen LogP contribution is 2.24. The first-order valence-electron chi connectivity index (χ1n) is 8.75. The van der Waals surface area contributed by atoms with Gasteiger partial charge in [0.25, 0.3) is 5.91 Å². The number of nitrogens with zero attached hydrogens (tertiary/aromatic N) is 2. The van der Waals surface area contributed by atoms with Gasteiger partial charge >= 0.3 is 0 Å². The van der Waals surface area contributed by atoms with Gasteiger partial charge in [-0.2, -0.15) is 4.31 Å². The lowest BCUT2D eigenvalue weighted by atomic mass is 10.1. The van der Waals surface area contributed by atoms with Crippen molar-refractivity contribution in [1.29, 1.82) is 0 Å². The third-order valence-electron chi connectivity index (χ3n) is 4.69. The number of piperazine rings is 1. The van der Waals surface area contributed by atoms with Gasteiger partial charge in [-0.1, -0.05) is 13.0 Å². The number of carbonyl (C=O) groups excluding carboxylic acids is 1. The van der Waals surface area contributed by atoms with Crippen molar-refractivity contribution in [2.45, 2.75) is 18.2 Å². The molecule has 8 heteroatoms. The lowest BCUT2D eigenvalue weighted by Gasteiger charge is -2.29. The second-order valence-electron chi connectivity index (χ2n) is 6.23. The van der Waals surface area contributed by atoms with Crippen LogP contribution in [-0.2, 0) is 21.2 Å². The molecule has 2 saturated heterocycles. The Morgan fingerprint density at radius 3 is 2.48 bits per heavy atom. The molecule has 2 aliphatic rings. The van der Waals surface area contributed by atoms with E-state index in [0.717, 1.165) is 18.7 Å². The fourth-order valence-electron chi connectivity index (χ4n) is 3.20. The topological polar surface area (TPSA) is 79.0 Å². The normalized spacial score (nSPS) is 19.8. The fraction of sp³-hybridized carbons (Fsp3) is 0.588. The van der Waals surface area contributed by atoms with Crippen LogP contribution in [0.5, 0.6) is 0 Å². The lowest BCUT2D eigenvalue weighted by Crippen LogP contribution is -2.46. The molecule has 0 aliphatic carbocycles. The smallest absolute Gasteiger partial charge is 0.253 e. The van der Waals surface area contributed by atoms with Crippen molar-refractivity contribution < 1.29 is 17.9 Å². The molecular formula is C17H25N3O4S. The van der Waals surface area contributed by atoms with Crippen LogP contribution in [0.25, 0.3) is 0 Å². The van der Waals surface area contributed by atoms with Crippen LogP contribution in [-0.4, -0.2) is 76.0 Å². The van der Waals surface area contributed by atoms with E-state index in [1.165, 1.54) is 4.31 Å². The van der Waals surface area contributed by atoms with Crippen LogP contribution in [0.1, 0.15) is 22.8 Å². The summed E-state index contributed by atoms with van der Waals surface area (Å²) in [4.78, 5) is 14.7. The van der Waals surface area contributed by atoms with E-state index in [0.29, 0.717) is 51.4 Å². The molecular weight excluding hydrogens is 342 g/mol. The molecule has 1 aromatic rings. The molecule has 0 aromatic heterocycles. The number of ether oxygens (including phenoxy) is 1. The quantitative estimate of drug-likeness (QED) is 0.829. The number of hydrogen-bond donors (Lipinski definition) is 1. The minimum absolute atomic E-state index is 0.109. The third kappa shape index (κ3) is 3.87. The zero-order valence-electron chi connectivity index (χ0n) is 14.5. The first kappa shape index (κ1) is 18.3. The van der Waals surface area contributed by atoms with Gasteiger partial charge in [0.2, 0.25) is 10.0 Å². The number of hydrogen-bond acceptors (Lipinski definition) is 5. The summed E-state index contributed by atoms with van der Waals surface area (Å²) in [6.07, 6.45) is 0.598. The van der Waals surface area contributed by atoms with Crippen molar-refractivity contribution in [3.8, 4) is 0 Å². The molecule has 2 fully saturated rings. The largest absolute Gasteiger partial charge is 0.379 e. The number of carbonyl (C=O) groups is 1. The monoisotopic (exact) mass is 367 g/mol. The van der Waals surface area contributed by atoms with Gasteiger partial charge in [-0.25, -0.2) is 8.42 Å². The molecule has 2 aliphatic heterocycles. The average molecular weight is 367 g/mol. The predicted molar refractivity (Wildman–Crippen MR) is 94.2 cm³/mol. The van der Waals surface area contributed by atoms with E-state index >= 15 is 0 Å². The van der Waals surface area contributed by atoms with Gasteiger partial charge in [0.15, 0.2) is 0 Å². The van der Waals surface area contributed by atoms with Crippen molar-refractivity contribution in [3.63, 3.8) is 0 Å². The molecule has 0 saturated carbocycles. The second-order valence-corrected chi connectivity index (χ2v) is 8.14. The maximum Gasteiger partial charge on any atom is 0.253 e. The average Bonchev–Trinajstić information content (AvgIpc) is 2.68. The molecule has 25 heavy (non-hydrogen) atoms. The van der Waals surface area contributed by atoms with Gasteiger partial charge < -0.3 is 15.0 Å². The molecule has 0 bridgehead atoms. The van der Waals surface area contributed by atoms with Crippen molar-refractivity contribution in [1.82, 2.24) is 14.5 Å². The van der Waals surface area contributed by atoms with E-state index in [9.17, 15) is 13.2 Å². The van der Waals surface area contributed by atoms with Gasteiger partial charge in [0.1, 0.15) is 0 Å². The van der Waals surface area contributed by atoms with Crippen LogP contribution in [0.4, 0.5) is 0 Å². The SMILES string of the molecule is CCc1ccc(C(=O)N2CCNCC2)cc1S(=O)(=O)N1CCOCC1. The Bertz CT molecular complexity index is 723. The molecule has 0 spiro atoms. The molecule has 7 nitrogen and oxygen atoms in total. The van der Waals surface area contributed by atoms with Crippen LogP contribution in [0.2, 0.25) is 0 Å². The van der Waals surface area contributed by atoms with E-state index in [2.05, 4.69) is 5.32 Å². The number of nitrogens with one attached hydrogen (secondary N) is 1. The highest BCUT2D eigenvalue weighted by Gasteiger charge is 2.29. The second kappa shape index (κ2) is 7.82. The van der Waals surface area contributed by atoms with E-state index in [1.807, 2.05) is 6.92 Å². The minimum atomic E-state index is -3.62. The van der Waals surface area contributed by atoms with Gasteiger partial charge in [-0.3, -0.25) is 4.79 Å². The lowest BCUT2D eigenvalue weighted by molar-refractivity contribution is 0.0727. The number of sulfonamides is 1. The van der Waals surface area contributed by atoms with Gasteiger partial charge in [0, 0.05) is 44.8 Å². The highest BCUT2D eigenvalue weighted by atomic mass is 32.2. The molecule has 1 aromatic carbocycles. The van der Waals surface area contributed by atoms with Crippen molar-refractivity contribution in [3.05, 3.63) is 29.3 Å². The summed E-state index contributed by atoms with van der Waals surface area (Å²) in [5.41, 5.74) is 1.18. The Hall–Kier alpha value is -1.48. The van der Waals surface area contributed by atoms with Crippen LogP contribution in [0, 0.1) is 0 Å². The van der Waals surface area contributed by atoms with E-state index in [1.54, 1.807) is 23.1 Å². The molecule has 0 radical (unpaired) electrons. The maximum atomic E-state index is 13.1. The van der Waals surface area contributed by atoms with E-state index < -0.39 is 10.0 Å². The summed E-state index contributed by atoms with van der Waals surface area (Å²) in [5, 5.41) is 3.21. The molecule has 138 valence electrons. The Labute approximate surface area is 149 Å². The highest BCUT2D eigenvalue weighted by molar-refractivity contribution is 7.89. The molecule has 1 amide bonds. The number of morpholine rings is 1. The first-order valence-corrected chi connectivity index (χ1v) is 10.2. The zero-order chi connectivity index (χ0) is 17.9. The van der Waals surface area contributed by atoms with Crippen LogP contribution in [0.15, 0.2) is 23.1 Å². The van der Waals surface area contributed by atoms with Crippen LogP contribution < -0.4 is 5.32 Å². The van der Waals surface area contributed by atoms with E-state index in [4.69, 9.17) is 4.74 Å². The number of amides is 1. The Balaban J connectivity index is 1.93. The fourth-order valence-corrected chi connectivity index (χ4v) is 4.92. The van der Waals surface area contributed by atoms with Gasteiger partial charge in [-0.15, -0.1) is 0 Å². The molecule has 1 N–H and O–H groups in total. The summed E-state index contributed by atoms with van der Waals surface area (Å²) in [5.74, 6) is -0.109. The molecule has 0 unspecified atom stereocenters. The summed E-state index contributed by atoms with van der Waals surface area (Å²) in [6.45, 7) is 6.23. The Morgan fingerprint density at radius 2 is 1.84 bits per heavy atom. The zero-order valence-corrected chi connectivity index (χ0v) is 15.3. The summed E-state index contributed by atoms with van der Waals surface area (Å²) in [6, 6.07) is 5.05. The van der Waals surface area contributed by atoms with Crippen LogP contribution in [0.3, 0.4) is 0 Å². The standard InChI is InChI=1S/C17H25N3O4S/c1-2-14-3-4-15(17(21)19-7-5-18-6-8-19)13-16(14)25(22,23)20-9-11-24-12-10-20/h3-4,13,18H,2,5-12H2,1H3. The molecule has 0 atom stereocenters. The summed E-state index contributed by atoms with van der Waals surface area (Å²) >= 11 is 0. The van der Waals surface area contributed by atoms with Gasteiger partial charge in [0.05, 0.1) is 18.1 Å². The minimum Gasteiger partial charge on any atom is -0.379 e. The third-order valence-corrected chi connectivity index (χ3v) is 6.67. The van der Waals surface area contributed by atoms with E-state index in [-0.39, 0.29) is 10.8 Å². The predicted octanol–water partition coefficient (Wildman–Crippen LogP) is 0.315. The molecule has 3 rings (SSSR count).